The molecule has 1 heterocycles. The zero-order chi connectivity index (χ0) is 13.1. The van der Waals surface area contributed by atoms with Crippen molar-refractivity contribution in [1.29, 1.82) is 0 Å². The highest BCUT2D eigenvalue weighted by Gasteiger charge is 2.08. The maximum Gasteiger partial charge on any atom is 0.133 e. The minimum absolute atomic E-state index is 0.245. The molecule has 0 atom stereocenters. The lowest BCUT2D eigenvalue weighted by Gasteiger charge is -2.07. The number of aryl methyl sites for hydroxylation is 2. The Morgan fingerprint density at radius 1 is 1.22 bits per heavy atom. The Labute approximate surface area is 111 Å². The van der Waals surface area contributed by atoms with Gasteiger partial charge in [0.2, 0.25) is 0 Å². The lowest BCUT2D eigenvalue weighted by molar-refractivity contribution is 0.627. The monoisotopic (exact) mass is 264 g/mol. The molecule has 0 amide bonds. The number of aromatic nitrogens is 2. The first-order valence-corrected chi connectivity index (χ1v) is 6.28. The molecule has 0 aliphatic rings. The molecule has 0 aliphatic heterocycles. The van der Waals surface area contributed by atoms with Crippen molar-refractivity contribution in [3.05, 3.63) is 46.6 Å². The van der Waals surface area contributed by atoms with E-state index in [4.69, 9.17) is 11.6 Å². The second-order valence-electron chi connectivity index (χ2n) is 4.20. The molecule has 0 saturated carbocycles. The molecule has 0 N–H and O–H groups in total. The molecular weight excluding hydrogens is 251 g/mol. The fourth-order valence-electron chi connectivity index (χ4n) is 1.85. The Bertz CT molecular complexity index is 570. The Morgan fingerprint density at radius 2 is 2.00 bits per heavy atom. The molecule has 0 spiro atoms. The third-order valence-electron chi connectivity index (χ3n) is 2.68. The molecule has 0 radical (unpaired) electrons. The molecule has 0 unspecified atom stereocenters. The third-order valence-corrected chi connectivity index (χ3v) is 2.87. The molecule has 2 rings (SSSR count). The van der Waals surface area contributed by atoms with Gasteiger partial charge in [-0.15, -0.1) is 0 Å². The summed E-state index contributed by atoms with van der Waals surface area (Å²) in [5, 5.41) is 0.423. The van der Waals surface area contributed by atoms with E-state index in [-0.39, 0.29) is 5.82 Å². The first-order chi connectivity index (χ1) is 8.60. The van der Waals surface area contributed by atoms with E-state index in [1.807, 2.05) is 6.92 Å². The SMILES string of the molecule is CCCc1nc(Cl)cc(-c2ccc(F)cc2C)n1. The number of hydrogen-bond acceptors (Lipinski definition) is 2. The van der Waals surface area contributed by atoms with E-state index in [0.29, 0.717) is 5.15 Å². The van der Waals surface area contributed by atoms with E-state index in [1.54, 1.807) is 12.1 Å². The lowest BCUT2D eigenvalue weighted by atomic mass is 10.1. The summed E-state index contributed by atoms with van der Waals surface area (Å²) in [6, 6.07) is 6.35. The molecule has 2 nitrogen and oxygen atoms in total. The maximum atomic E-state index is 13.1. The van der Waals surface area contributed by atoms with Crippen molar-refractivity contribution >= 4 is 11.6 Å². The quantitative estimate of drug-likeness (QED) is 0.777. The summed E-state index contributed by atoms with van der Waals surface area (Å²) in [6.45, 7) is 3.92. The highest BCUT2D eigenvalue weighted by atomic mass is 35.5. The second-order valence-corrected chi connectivity index (χ2v) is 4.59. The van der Waals surface area contributed by atoms with Crippen molar-refractivity contribution < 1.29 is 4.39 Å². The Kier molecular flexibility index (Phi) is 3.92. The van der Waals surface area contributed by atoms with E-state index in [9.17, 15) is 4.39 Å². The van der Waals surface area contributed by atoms with Crippen LogP contribution in [0.4, 0.5) is 4.39 Å². The van der Waals surface area contributed by atoms with Crippen molar-refractivity contribution in [2.45, 2.75) is 26.7 Å². The first-order valence-electron chi connectivity index (χ1n) is 5.90. The molecular formula is C14H14ClFN2. The van der Waals surface area contributed by atoms with E-state index in [0.717, 1.165) is 35.5 Å². The predicted octanol–water partition coefficient (Wildman–Crippen LogP) is 4.20. The summed E-state index contributed by atoms with van der Waals surface area (Å²) < 4.78 is 13.1. The summed E-state index contributed by atoms with van der Waals surface area (Å²) in [4.78, 5) is 8.64. The fraction of sp³-hybridized carbons (Fsp3) is 0.286. The molecule has 0 aliphatic carbocycles. The van der Waals surface area contributed by atoms with Crippen molar-refractivity contribution in [3.8, 4) is 11.3 Å². The van der Waals surface area contributed by atoms with Gasteiger partial charge in [-0.05, 0) is 37.1 Å². The average molecular weight is 265 g/mol. The van der Waals surface area contributed by atoms with Gasteiger partial charge in [0.1, 0.15) is 16.8 Å². The van der Waals surface area contributed by atoms with Crippen LogP contribution in [0.3, 0.4) is 0 Å². The largest absolute Gasteiger partial charge is 0.233 e. The Hall–Kier alpha value is -1.48. The number of halogens is 2. The maximum absolute atomic E-state index is 13.1. The standard InChI is InChI=1S/C14H14ClFN2/c1-3-4-14-17-12(8-13(15)18-14)11-6-5-10(16)7-9(11)2/h5-8H,3-4H2,1-2H3. The second kappa shape index (κ2) is 5.44. The summed E-state index contributed by atoms with van der Waals surface area (Å²) in [6.07, 6.45) is 1.75. The molecule has 94 valence electrons. The minimum atomic E-state index is -0.245. The van der Waals surface area contributed by atoms with Crippen LogP contribution in [0.5, 0.6) is 0 Å². The molecule has 1 aromatic carbocycles. The van der Waals surface area contributed by atoms with Gasteiger partial charge in [-0.3, -0.25) is 0 Å². The van der Waals surface area contributed by atoms with Crippen LogP contribution in [0, 0.1) is 12.7 Å². The first kappa shape index (κ1) is 13.0. The molecule has 0 bridgehead atoms. The molecule has 0 fully saturated rings. The van der Waals surface area contributed by atoms with Gasteiger partial charge in [0, 0.05) is 18.1 Å². The zero-order valence-corrected chi connectivity index (χ0v) is 11.1. The van der Waals surface area contributed by atoms with E-state index in [2.05, 4.69) is 16.9 Å². The van der Waals surface area contributed by atoms with Crippen LogP contribution in [-0.2, 0) is 6.42 Å². The molecule has 2 aromatic rings. The van der Waals surface area contributed by atoms with Crippen LogP contribution in [0.15, 0.2) is 24.3 Å². The van der Waals surface area contributed by atoms with Crippen LogP contribution in [0.2, 0.25) is 5.15 Å². The van der Waals surface area contributed by atoms with Crippen molar-refractivity contribution in [2.75, 3.05) is 0 Å². The molecule has 18 heavy (non-hydrogen) atoms. The number of nitrogens with zero attached hydrogens (tertiary/aromatic N) is 2. The van der Waals surface area contributed by atoms with Gasteiger partial charge >= 0.3 is 0 Å². The fourth-order valence-corrected chi connectivity index (χ4v) is 2.05. The van der Waals surface area contributed by atoms with Crippen molar-refractivity contribution in [3.63, 3.8) is 0 Å². The lowest BCUT2D eigenvalue weighted by Crippen LogP contribution is -1.98. The number of rotatable bonds is 3. The highest BCUT2D eigenvalue weighted by molar-refractivity contribution is 6.29. The summed E-state index contributed by atoms with van der Waals surface area (Å²) in [5.41, 5.74) is 2.47. The van der Waals surface area contributed by atoms with Crippen LogP contribution in [-0.4, -0.2) is 9.97 Å². The van der Waals surface area contributed by atoms with Gasteiger partial charge < -0.3 is 0 Å². The molecule has 4 heteroatoms. The van der Waals surface area contributed by atoms with Crippen molar-refractivity contribution in [1.82, 2.24) is 9.97 Å². The summed E-state index contributed by atoms with van der Waals surface area (Å²) in [7, 11) is 0. The smallest absolute Gasteiger partial charge is 0.133 e. The van der Waals surface area contributed by atoms with Gasteiger partial charge in [0.05, 0.1) is 5.69 Å². The van der Waals surface area contributed by atoms with Gasteiger partial charge in [-0.25, -0.2) is 14.4 Å². The summed E-state index contributed by atoms with van der Waals surface area (Å²) >= 11 is 5.99. The van der Waals surface area contributed by atoms with Crippen LogP contribution >= 0.6 is 11.6 Å². The minimum Gasteiger partial charge on any atom is -0.233 e. The van der Waals surface area contributed by atoms with E-state index < -0.39 is 0 Å². The average Bonchev–Trinajstić information content (AvgIpc) is 2.28. The third kappa shape index (κ3) is 2.85. The topological polar surface area (TPSA) is 25.8 Å². The highest BCUT2D eigenvalue weighted by Crippen LogP contribution is 2.24. The van der Waals surface area contributed by atoms with Crippen LogP contribution in [0.25, 0.3) is 11.3 Å². The predicted molar refractivity (Wildman–Crippen MR) is 71.2 cm³/mol. The van der Waals surface area contributed by atoms with Gasteiger partial charge in [0.25, 0.3) is 0 Å². The number of benzene rings is 1. The Morgan fingerprint density at radius 3 is 2.67 bits per heavy atom. The van der Waals surface area contributed by atoms with Gasteiger partial charge in [-0.2, -0.15) is 0 Å². The zero-order valence-electron chi connectivity index (χ0n) is 10.4. The van der Waals surface area contributed by atoms with Gasteiger partial charge in [0.15, 0.2) is 0 Å². The van der Waals surface area contributed by atoms with Crippen LogP contribution in [0.1, 0.15) is 24.7 Å². The van der Waals surface area contributed by atoms with E-state index in [1.165, 1.54) is 12.1 Å². The van der Waals surface area contributed by atoms with E-state index >= 15 is 0 Å². The molecule has 1 aromatic heterocycles. The van der Waals surface area contributed by atoms with Gasteiger partial charge in [-0.1, -0.05) is 18.5 Å². The normalized spacial score (nSPS) is 10.7. The Balaban J connectivity index is 2.49. The number of hydrogen-bond donors (Lipinski definition) is 0. The van der Waals surface area contributed by atoms with Crippen molar-refractivity contribution in [2.24, 2.45) is 0 Å². The molecule has 0 saturated heterocycles. The van der Waals surface area contributed by atoms with Crippen LogP contribution < -0.4 is 0 Å². The summed E-state index contributed by atoms with van der Waals surface area (Å²) in [5.74, 6) is 0.480.